The van der Waals surface area contributed by atoms with Crippen LogP contribution in [0.2, 0.25) is 0 Å². The molecule has 0 radical (unpaired) electrons. The van der Waals surface area contributed by atoms with Gasteiger partial charge in [-0.15, -0.1) is 0 Å². The van der Waals surface area contributed by atoms with Crippen molar-refractivity contribution in [2.24, 2.45) is 4.99 Å². The summed E-state index contributed by atoms with van der Waals surface area (Å²) in [5.41, 5.74) is 1.31. The molecule has 8 heteroatoms. The number of rotatable bonds is 21. The maximum atomic E-state index is 12.1. The number of aliphatic hydroxyl groups is 1. The summed E-state index contributed by atoms with van der Waals surface area (Å²) < 4.78 is 6.48. The van der Waals surface area contributed by atoms with Gasteiger partial charge in [-0.05, 0) is 44.4 Å². The molecule has 0 aromatic heterocycles. The number of aliphatic imine (C=N–C) groups is 1. The zero-order valence-electron chi connectivity index (χ0n) is 24.1. The van der Waals surface area contributed by atoms with Gasteiger partial charge in [0, 0.05) is 51.4 Å². The first-order valence-electron chi connectivity index (χ1n) is 14.8. The summed E-state index contributed by atoms with van der Waals surface area (Å²) in [6.07, 6.45) is 11.0. The van der Waals surface area contributed by atoms with E-state index in [1.54, 1.807) is 6.92 Å². The lowest BCUT2D eigenvalue weighted by molar-refractivity contribution is -0.120. The molecular weight excluding hydrogens is 478 g/mol. The van der Waals surface area contributed by atoms with Crippen molar-refractivity contribution in [1.29, 1.82) is 0 Å². The van der Waals surface area contributed by atoms with E-state index in [9.17, 15) is 9.90 Å². The summed E-state index contributed by atoms with van der Waals surface area (Å²) >= 11 is 0. The number of ether oxygens (including phenoxy) is 1. The Labute approximate surface area is 230 Å². The molecule has 2 unspecified atom stereocenters. The van der Waals surface area contributed by atoms with E-state index in [0.29, 0.717) is 25.9 Å². The molecule has 1 aromatic carbocycles. The fourth-order valence-electron chi connectivity index (χ4n) is 4.64. The number of nitrogens with zero attached hydrogens (tertiary/aromatic N) is 1. The van der Waals surface area contributed by atoms with Gasteiger partial charge in [0.2, 0.25) is 11.6 Å². The van der Waals surface area contributed by atoms with Crippen LogP contribution in [0.4, 0.5) is 0 Å². The molecule has 0 saturated carbocycles. The number of amides is 1. The molecule has 0 spiro atoms. The van der Waals surface area contributed by atoms with E-state index in [0.717, 1.165) is 50.6 Å². The summed E-state index contributed by atoms with van der Waals surface area (Å²) in [6, 6.07) is 8.40. The maximum Gasteiger partial charge on any atom is 0.225 e. The predicted octanol–water partition coefficient (Wildman–Crippen LogP) is 3.58. The second kappa shape index (κ2) is 19.1. The van der Waals surface area contributed by atoms with Gasteiger partial charge in [-0.25, -0.2) is 4.99 Å². The smallest absolute Gasteiger partial charge is 0.225 e. The zero-order chi connectivity index (χ0) is 27.5. The van der Waals surface area contributed by atoms with Crippen LogP contribution >= 0.6 is 0 Å². The largest absolute Gasteiger partial charge is 0.464 e. The van der Waals surface area contributed by atoms with E-state index in [1.165, 1.54) is 50.5 Å². The van der Waals surface area contributed by atoms with Crippen molar-refractivity contribution in [2.75, 3.05) is 45.8 Å². The van der Waals surface area contributed by atoms with Crippen LogP contribution in [0.5, 0.6) is 5.75 Å². The molecule has 1 aliphatic rings. The lowest BCUT2D eigenvalue weighted by Gasteiger charge is -2.30. The molecule has 1 aliphatic heterocycles. The van der Waals surface area contributed by atoms with E-state index in [2.05, 4.69) is 40.3 Å². The van der Waals surface area contributed by atoms with Crippen molar-refractivity contribution in [3.05, 3.63) is 29.8 Å². The van der Waals surface area contributed by atoms with E-state index >= 15 is 0 Å². The summed E-state index contributed by atoms with van der Waals surface area (Å²) in [4.78, 5) is 17.0. The van der Waals surface area contributed by atoms with Crippen LogP contribution in [0.25, 0.3) is 0 Å². The Bertz CT molecular complexity index is 800. The van der Waals surface area contributed by atoms with E-state index in [1.807, 2.05) is 19.1 Å². The van der Waals surface area contributed by atoms with E-state index in [-0.39, 0.29) is 12.0 Å². The van der Waals surface area contributed by atoms with Gasteiger partial charge in [-0.2, -0.15) is 0 Å². The van der Waals surface area contributed by atoms with Crippen LogP contribution in [-0.2, 0) is 11.2 Å². The number of aryl methyl sites for hydroxylation is 1. The topological polar surface area (TPSA) is 107 Å². The van der Waals surface area contributed by atoms with Crippen molar-refractivity contribution in [3.8, 4) is 5.75 Å². The summed E-state index contributed by atoms with van der Waals surface area (Å²) in [7, 11) is 0. The summed E-state index contributed by atoms with van der Waals surface area (Å²) in [5.74, 6) is 0.774. The van der Waals surface area contributed by atoms with Crippen LogP contribution in [-0.4, -0.2) is 74.4 Å². The quantitative estimate of drug-likeness (QED) is 0.155. The molecule has 0 aliphatic carbocycles. The van der Waals surface area contributed by atoms with Crippen LogP contribution in [0.3, 0.4) is 0 Å². The highest BCUT2D eigenvalue weighted by Crippen LogP contribution is 2.25. The molecule has 1 aromatic rings. The third-order valence-corrected chi connectivity index (χ3v) is 6.76. The number of benzene rings is 1. The molecule has 2 atom stereocenters. The lowest BCUT2D eigenvalue weighted by Crippen LogP contribution is -2.47. The van der Waals surface area contributed by atoms with Crippen molar-refractivity contribution in [1.82, 2.24) is 21.3 Å². The second-order valence-electron chi connectivity index (χ2n) is 10.7. The molecule has 0 bridgehead atoms. The van der Waals surface area contributed by atoms with Crippen LogP contribution in [0.15, 0.2) is 29.3 Å². The highest BCUT2D eigenvalue weighted by atomic mass is 16.5. The maximum absolute atomic E-state index is 12.1. The van der Waals surface area contributed by atoms with E-state index in [4.69, 9.17) is 9.73 Å². The standard InChI is InChI=1S/C30H53N5O3/c1-4-5-6-7-8-9-10-11-27-12-14-28(15-13-27)38-30(24-34-29(37)22-25(2)35-30)16-17-31-18-19-32-20-21-33-23-26(3)36/h12-15,26,31-33,36H,4-11,16-24H2,1-3H3,(H,34,37). The Morgan fingerprint density at radius 1 is 0.974 bits per heavy atom. The fourth-order valence-corrected chi connectivity index (χ4v) is 4.64. The molecule has 0 fully saturated rings. The number of carbonyl (C=O) groups excluding carboxylic acids is 1. The van der Waals surface area contributed by atoms with Crippen molar-refractivity contribution in [2.45, 2.75) is 96.8 Å². The molecule has 216 valence electrons. The monoisotopic (exact) mass is 531 g/mol. The minimum absolute atomic E-state index is 0.0110. The number of nitrogens with one attached hydrogen (secondary N) is 4. The average molecular weight is 532 g/mol. The number of unbranched alkanes of at least 4 members (excludes halogenated alkanes) is 6. The number of hydrogen-bond donors (Lipinski definition) is 5. The highest BCUT2D eigenvalue weighted by molar-refractivity contribution is 6.00. The van der Waals surface area contributed by atoms with Gasteiger partial charge in [0.1, 0.15) is 5.75 Å². The number of hydrogen-bond acceptors (Lipinski definition) is 7. The number of carbonyl (C=O) groups is 1. The Morgan fingerprint density at radius 3 is 2.29 bits per heavy atom. The predicted molar refractivity (Wildman–Crippen MR) is 157 cm³/mol. The lowest BCUT2D eigenvalue weighted by atomic mass is 10.0. The molecule has 0 saturated heterocycles. The molecule has 8 nitrogen and oxygen atoms in total. The zero-order valence-corrected chi connectivity index (χ0v) is 24.1. The Hall–Kier alpha value is -2.00. The summed E-state index contributed by atoms with van der Waals surface area (Å²) in [5, 5.41) is 22.3. The van der Waals surface area contributed by atoms with Gasteiger partial charge >= 0.3 is 0 Å². The van der Waals surface area contributed by atoms with Crippen LogP contribution in [0.1, 0.15) is 84.1 Å². The van der Waals surface area contributed by atoms with Crippen LogP contribution in [0, 0.1) is 0 Å². The van der Waals surface area contributed by atoms with E-state index < -0.39 is 5.72 Å². The number of aliphatic hydroxyl groups excluding tert-OH is 1. The fraction of sp³-hybridized carbons (Fsp3) is 0.733. The molecule has 38 heavy (non-hydrogen) atoms. The third kappa shape index (κ3) is 14.2. The Kier molecular flexibility index (Phi) is 16.2. The van der Waals surface area contributed by atoms with Gasteiger partial charge in [-0.1, -0.05) is 57.6 Å². The minimum Gasteiger partial charge on any atom is -0.464 e. The molecule has 1 heterocycles. The Morgan fingerprint density at radius 2 is 1.61 bits per heavy atom. The van der Waals surface area contributed by atoms with Crippen molar-refractivity contribution >= 4 is 11.6 Å². The van der Waals surface area contributed by atoms with Crippen molar-refractivity contribution < 1.29 is 14.6 Å². The second-order valence-corrected chi connectivity index (χ2v) is 10.7. The molecular formula is C30H53N5O3. The third-order valence-electron chi connectivity index (χ3n) is 6.76. The van der Waals surface area contributed by atoms with Gasteiger partial charge in [0.25, 0.3) is 0 Å². The Balaban J connectivity index is 1.79. The molecule has 1 amide bonds. The molecule has 5 N–H and O–H groups in total. The first-order valence-corrected chi connectivity index (χ1v) is 14.8. The van der Waals surface area contributed by atoms with Crippen molar-refractivity contribution in [3.63, 3.8) is 0 Å². The van der Waals surface area contributed by atoms with Gasteiger partial charge in [0.15, 0.2) is 0 Å². The molecule has 2 rings (SSSR count). The van der Waals surface area contributed by atoms with Gasteiger partial charge < -0.3 is 31.1 Å². The minimum atomic E-state index is -0.818. The normalized spacial score (nSPS) is 18.5. The first-order chi connectivity index (χ1) is 18.4. The van der Waals surface area contributed by atoms with Gasteiger partial charge in [0.05, 0.1) is 19.1 Å². The first kappa shape index (κ1) is 32.2. The summed E-state index contributed by atoms with van der Waals surface area (Å²) in [6.45, 7) is 11.0. The van der Waals surface area contributed by atoms with Gasteiger partial charge in [-0.3, -0.25) is 4.79 Å². The average Bonchev–Trinajstić information content (AvgIpc) is 3.02. The van der Waals surface area contributed by atoms with Crippen LogP contribution < -0.4 is 26.0 Å². The SMILES string of the molecule is CCCCCCCCCc1ccc(OC2(CCNCCNCCNCC(C)O)CNC(=O)CC(C)=N2)cc1. The highest BCUT2D eigenvalue weighted by Gasteiger charge is 2.34.